The van der Waals surface area contributed by atoms with Crippen LogP contribution >= 0.6 is 11.6 Å². The maximum absolute atomic E-state index is 12.4. The average molecular weight is 305 g/mol. The highest BCUT2D eigenvalue weighted by molar-refractivity contribution is 6.32. The summed E-state index contributed by atoms with van der Waals surface area (Å²) in [4.78, 5) is 14.2. The second-order valence-corrected chi connectivity index (χ2v) is 6.33. The summed E-state index contributed by atoms with van der Waals surface area (Å²) in [7, 11) is 0. The monoisotopic (exact) mass is 304 g/mol. The fraction of sp³-hybridized carbons (Fsp3) is 0.500. The van der Waals surface area contributed by atoms with Crippen LogP contribution in [-0.2, 0) is 11.3 Å². The lowest BCUT2D eigenvalue weighted by Gasteiger charge is -2.20. The van der Waals surface area contributed by atoms with Gasteiger partial charge in [0.1, 0.15) is 6.07 Å². The molecule has 1 aliphatic carbocycles. The third kappa shape index (κ3) is 2.31. The molecule has 5 heteroatoms. The number of nitrogens with zero attached hydrogens (tertiary/aromatic N) is 2. The highest BCUT2D eigenvalue weighted by atomic mass is 35.5. The van der Waals surface area contributed by atoms with Crippen molar-refractivity contribution in [2.24, 2.45) is 11.8 Å². The SMILES string of the molecule is Cc1c(CN2CC3C(CC[C@@H]3O)C2=O)ccc(C#N)c1Cl. The van der Waals surface area contributed by atoms with Gasteiger partial charge in [-0.05, 0) is 37.0 Å². The maximum Gasteiger partial charge on any atom is 0.226 e. The standard InChI is InChI=1S/C16H17ClN2O2/c1-9-11(3-2-10(6-18)15(9)17)7-19-8-13-12(16(19)21)4-5-14(13)20/h2-3,12-14,20H,4-5,7-8H2,1H3/t12?,13?,14-/m0/s1. The summed E-state index contributed by atoms with van der Waals surface area (Å²) in [6.45, 7) is 2.98. The summed E-state index contributed by atoms with van der Waals surface area (Å²) in [5.41, 5.74) is 2.26. The van der Waals surface area contributed by atoms with E-state index in [0.29, 0.717) is 23.7 Å². The van der Waals surface area contributed by atoms with E-state index in [9.17, 15) is 9.90 Å². The number of hydrogen-bond acceptors (Lipinski definition) is 3. The minimum atomic E-state index is -0.352. The van der Waals surface area contributed by atoms with E-state index in [1.807, 2.05) is 17.9 Å². The molecule has 1 aliphatic heterocycles. The number of aliphatic hydroxyl groups is 1. The zero-order chi connectivity index (χ0) is 15.1. The van der Waals surface area contributed by atoms with Crippen molar-refractivity contribution in [2.45, 2.75) is 32.4 Å². The molecule has 0 aromatic heterocycles. The number of fused-ring (bicyclic) bond motifs is 1. The van der Waals surface area contributed by atoms with Crippen molar-refractivity contribution in [2.75, 3.05) is 6.54 Å². The van der Waals surface area contributed by atoms with E-state index >= 15 is 0 Å². The molecule has 1 aromatic carbocycles. The van der Waals surface area contributed by atoms with Crippen molar-refractivity contribution in [3.8, 4) is 6.07 Å². The molecule has 0 radical (unpaired) electrons. The first-order valence-electron chi connectivity index (χ1n) is 7.18. The number of amides is 1. The van der Waals surface area contributed by atoms with Crippen LogP contribution in [0, 0.1) is 30.1 Å². The number of halogens is 1. The average Bonchev–Trinajstić information content (AvgIpc) is 2.98. The highest BCUT2D eigenvalue weighted by Crippen LogP contribution is 2.39. The molecule has 1 saturated heterocycles. The van der Waals surface area contributed by atoms with Crippen LogP contribution in [-0.4, -0.2) is 28.6 Å². The first-order valence-corrected chi connectivity index (χ1v) is 7.55. The van der Waals surface area contributed by atoms with E-state index < -0.39 is 0 Å². The van der Waals surface area contributed by atoms with Gasteiger partial charge in [-0.2, -0.15) is 5.26 Å². The number of carbonyl (C=O) groups is 1. The fourth-order valence-corrected chi connectivity index (χ4v) is 3.74. The molecule has 0 spiro atoms. The number of aliphatic hydroxyl groups excluding tert-OH is 1. The first-order chi connectivity index (χ1) is 10.0. The summed E-state index contributed by atoms with van der Waals surface area (Å²) in [6, 6.07) is 5.61. The van der Waals surface area contributed by atoms with Crippen molar-refractivity contribution in [3.05, 3.63) is 33.8 Å². The Morgan fingerprint density at radius 2 is 2.24 bits per heavy atom. The van der Waals surface area contributed by atoms with Gasteiger partial charge in [0.2, 0.25) is 5.91 Å². The Morgan fingerprint density at radius 3 is 2.90 bits per heavy atom. The Labute approximate surface area is 128 Å². The van der Waals surface area contributed by atoms with Gasteiger partial charge in [0.05, 0.1) is 16.7 Å². The van der Waals surface area contributed by atoms with Crippen molar-refractivity contribution in [3.63, 3.8) is 0 Å². The van der Waals surface area contributed by atoms with E-state index in [1.54, 1.807) is 6.07 Å². The number of carbonyl (C=O) groups excluding carboxylic acids is 1. The molecule has 1 saturated carbocycles. The van der Waals surface area contributed by atoms with Gasteiger partial charge in [0, 0.05) is 24.9 Å². The molecule has 21 heavy (non-hydrogen) atoms. The molecule has 3 atom stereocenters. The van der Waals surface area contributed by atoms with Crippen molar-refractivity contribution in [1.29, 1.82) is 5.26 Å². The Balaban J connectivity index is 1.81. The molecule has 2 fully saturated rings. The molecule has 2 unspecified atom stereocenters. The molecule has 0 bridgehead atoms. The van der Waals surface area contributed by atoms with Crippen LogP contribution in [0.15, 0.2) is 12.1 Å². The fourth-order valence-electron chi connectivity index (χ4n) is 3.51. The Hall–Kier alpha value is -1.57. The predicted molar refractivity (Wildman–Crippen MR) is 78.5 cm³/mol. The zero-order valence-electron chi connectivity index (χ0n) is 11.8. The Morgan fingerprint density at radius 1 is 1.48 bits per heavy atom. The lowest BCUT2D eigenvalue weighted by atomic mass is 9.99. The number of rotatable bonds is 2. The topological polar surface area (TPSA) is 64.3 Å². The number of benzene rings is 1. The second kappa shape index (κ2) is 5.32. The van der Waals surface area contributed by atoms with Gasteiger partial charge in [0.15, 0.2) is 0 Å². The minimum absolute atomic E-state index is 0.0193. The van der Waals surface area contributed by atoms with Crippen molar-refractivity contribution in [1.82, 2.24) is 4.90 Å². The molecule has 1 amide bonds. The van der Waals surface area contributed by atoms with E-state index in [4.69, 9.17) is 16.9 Å². The van der Waals surface area contributed by atoms with Crippen LogP contribution < -0.4 is 0 Å². The lowest BCUT2D eigenvalue weighted by Crippen LogP contribution is -2.28. The van der Waals surface area contributed by atoms with Gasteiger partial charge in [0.25, 0.3) is 0 Å². The highest BCUT2D eigenvalue weighted by Gasteiger charge is 2.47. The number of nitriles is 1. The van der Waals surface area contributed by atoms with Crippen LogP contribution in [0.2, 0.25) is 5.02 Å². The Bertz CT molecular complexity index is 638. The van der Waals surface area contributed by atoms with Gasteiger partial charge >= 0.3 is 0 Å². The van der Waals surface area contributed by atoms with Crippen LogP contribution in [0.5, 0.6) is 0 Å². The summed E-state index contributed by atoms with van der Waals surface area (Å²) >= 11 is 6.17. The smallest absolute Gasteiger partial charge is 0.226 e. The van der Waals surface area contributed by atoms with Crippen molar-refractivity contribution >= 4 is 17.5 Å². The number of hydrogen-bond donors (Lipinski definition) is 1. The first kappa shape index (κ1) is 14.4. The van der Waals surface area contributed by atoms with Crippen LogP contribution in [0.1, 0.15) is 29.5 Å². The van der Waals surface area contributed by atoms with E-state index in [1.165, 1.54) is 0 Å². The summed E-state index contributed by atoms with van der Waals surface area (Å²) < 4.78 is 0. The molecule has 1 heterocycles. The number of likely N-dealkylation sites (tertiary alicyclic amines) is 1. The van der Waals surface area contributed by atoms with Crippen LogP contribution in [0.25, 0.3) is 0 Å². The molecule has 1 N–H and O–H groups in total. The third-order valence-electron chi connectivity index (χ3n) is 4.82. The molecule has 3 rings (SSSR count). The molecule has 110 valence electrons. The van der Waals surface area contributed by atoms with Crippen molar-refractivity contribution < 1.29 is 9.90 Å². The van der Waals surface area contributed by atoms with Gasteiger partial charge in [-0.25, -0.2) is 0 Å². The molecule has 1 aromatic rings. The predicted octanol–water partition coefficient (Wildman–Crippen LogP) is 2.25. The second-order valence-electron chi connectivity index (χ2n) is 5.96. The van der Waals surface area contributed by atoms with Gasteiger partial charge in [-0.1, -0.05) is 17.7 Å². The van der Waals surface area contributed by atoms with E-state index in [-0.39, 0.29) is 23.8 Å². The quantitative estimate of drug-likeness (QED) is 0.911. The third-order valence-corrected chi connectivity index (χ3v) is 5.31. The maximum atomic E-state index is 12.4. The molecule has 4 nitrogen and oxygen atoms in total. The minimum Gasteiger partial charge on any atom is -0.393 e. The molecular weight excluding hydrogens is 288 g/mol. The van der Waals surface area contributed by atoms with Gasteiger partial charge < -0.3 is 10.0 Å². The lowest BCUT2D eigenvalue weighted by molar-refractivity contribution is -0.131. The summed E-state index contributed by atoms with van der Waals surface area (Å²) in [6.07, 6.45) is 1.17. The largest absolute Gasteiger partial charge is 0.393 e. The zero-order valence-corrected chi connectivity index (χ0v) is 12.6. The normalized spacial score (nSPS) is 27.8. The van der Waals surface area contributed by atoms with Gasteiger partial charge in [-0.3, -0.25) is 4.79 Å². The van der Waals surface area contributed by atoms with Gasteiger partial charge in [-0.15, -0.1) is 0 Å². The summed E-state index contributed by atoms with van der Waals surface area (Å²) in [5.74, 6) is 0.192. The van der Waals surface area contributed by atoms with Crippen LogP contribution in [0.3, 0.4) is 0 Å². The van der Waals surface area contributed by atoms with E-state index in [2.05, 4.69) is 6.07 Å². The summed E-state index contributed by atoms with van der Waals surface area (Å²) in [5, 5.41) is 19.4. The molecular formula is C16H17ClN2O2. The van der Waals surface area contributed by atoms with E-state index in [0.717, 1.165) is 24.0 Å². The Kier molecular flexibility index (Phi) is 3.64. The van der Waals surface area contributed by atoms with Crippen LogP contribution in [0.4, 0.5) is 0 Å². The molecule has 2 aliphatic rings.